The quantitative estimate of drug-likeness (QED) is 0.295. The molecule has 172 valence electrons. The van der Waals surface area contributed by atoms with Gasteiger partial charge in [0.2, 0.25) is 0 Å². The summed E-state index contributed by atoms with van der Waals surface area (Å²) in [5, 5.41) is 9.85. The number of aromatic nitrogens is 2. The van der Waals surface area contributed by atoms with Crippen molar-refractivity contribution in [3.05, 3.63) is 18.2 Å². The van der Waals surface area contributed by atoms with Crippen LogP contribution in [0.25, 0.3) is 0 Å². The van der Waals surface area contributed by atoms with Crippen molar-refractivity contribution in [1.82, 2.24) is 25.5 Å². The van der Waals surface area contributed by atoms with Crippen molar-refractivity contribution in [2.24, 2.45) is 10.9 Å². The minimum Gasteiger partial charge on any atom is -0.444 e. The fourth-order valence-electron chi connectivity index (χ4n) is 3.47. The van der Waals surface area contributed by atoms with Crippen molar-refractivity contribution >= 4 is 36.0 Å². The minimum atomic E-state index is -0.467. The molecule has 0 atom stereocenters. The van der Waals surface area contributed by atoms with E-state index in [1.165, 1.54) is 0 Å². The van der Waals surface area contributed by atoms with Crippen molar-refractivity contribution in [1.29, 1.82) is 0 Å². The van der Waals surface area contributed by atoms with E-state index in [1.54, 1.807) is 7.05 Å². The van der Waals surface area contributed by atoms with Crippen LogP contribution in [0, 0.1) is 5.92 Å². The van der Waals surface area contributed by atoms with E-state index in [4.69, 9.17) is 4.74 Å². The molecule has 1 aliphatic carbocycles. The average molecular weight is 534 g/mol. The van der Waals surface area contributed by atoms with Gasteiger partial charge in [-0.25, -0.2) is 9.78 Å². The Bertz CT molecular complexity index is 675. The van der Waals surface area contributed by atoms with E-state index in [0.717, 1.165) is 44.0 Å². The third-order valence-electron chi connectivity index (χ3n) is 4.79. The van der Waals surface area contributed by atoms with Crippen LogP contribution in [0.4, 0.5) is 4.79 Å². The Labute approximate surface area is 198 Å². The van der Waals surface area contributed by atoms with Gasteiger partial charge in [0.1, 0.15) is 11.4 Å². The van der Waals surface area contributed by atoms with Gasteiger partial charge < -0.3 is 25.3 Å². The molecule has 0 unspecified atom stereocenters. The average Bonchev–Trinajstić information content (AvgIpc) is 3.04. The molecule has 1 aromatic heterocycles. The number of guanidine groups is 1. The summed E-state index contributed by atoms with van der Waals surface area (Å²) in [6, 6.07) is 0.509. The summed E-state index contributed by atoms with van der Waals surface area (Å²) in [6.07, 6.45) is 7.33. The third-order valence-corrected chi connectivity index (χ3v) is 4.79. The number of amides is 1. The van der Waals surface area contributed by atoms with Crippen LogP contribution in [0.3, 0.4) is 0 Å². The largest absolute Gasteiger partial charge is 0.444 e. The van der Waals surface area contributed by atoms with E-state index in [1.807, 2.05) is 33.2 Å². The van der Waals surface area contributed by atoms with Gasteiger partial charge in [0.05, 0.1) is 6.54 Å². The van der Waals surface area contributed by atoms with Gasteiger partial charge in [0.25, 0.3) is 0 Å². The number of carbonyl (C=O) groups is 1. The van der Waals surface area contributed by atoms with Gasteiger partial charge in [0.15, 0.2) is 5.96 Å². The number of ether oxygens (including phenoxy) is 1. The highest BCUT2D eigenvalue weighted by Gasteiger charge is 2.25. The molecule has 1 aliphatic rings. The van der Waals surface area contributed by atoms with Gasteiger partial charge in [-0.3, -0.25) is 4.99 Å². The molecular weight excluding hydrogens is 495 g/mol. The number of imidazole rings is 1. The number of rotatable bonds is 6. The molecule has 1 aromatic rings. The van der Waals surface area contributed by atoms with E-state index in [0.29, 0.717) is 18.5 Å². The molecule has 1 saturated carbocycles. The molecule has 1 amide bonds. The van der Waals surface area contributed by atoms with Gasteiger partial charge in [-0.15, -0.1) is 24.0 Å². The summed E-state index contributed by atoms with van der Waals surface area (Å²) >= 11 is 0. The number of halogens is 1. The molecule has 8 nitrogen and oxygen atoms in total. The molecule has 9 heteroatoms. The van der Waals surface area contributed by atoms with Gasteiger partial charge in [-0.2, -0.15) is 0 Å². The van der Waals surface area contributed by atoms with Gasteiger partial charge >= 0.3 is 6.09 Å². The van der Waals surface area contributed by atoms with Gasteiger partial charge in [-0.05, 0) is 52.4 Å². The topological polar surface area (TPSA) is 92.6 Å². The Kier molecular flexibility index (Phi) is 10.9. The lowest BCUT2D eigenvalue weighted by Gasteiger charge is -2.31. The Balaban J connectivity index is 0.00000450. The van der Waals surface area contributed by atoms with Crippen molar-refractivity contribution < 1.29 is 9.53 Å². The first-order valence-electron chi connectivity index (χ1n) is 10.6. The lowest BCUT2D eigenvalue weighted by Crippen LogP contribution is -2.48. The summed E-state index contributed by atoms with van der Waals surface area (Å²) in [7, 11) is 1.78. The normalized spacial score (nSPS) is 19.8. The fraction of sp³-hybridized carbons (Fsp3) is 0.762. The summed E-state index contributed by atoms with van der Waals surface area (Å²) in [5.74, 6) is 2.37. The molecule has 1 fully saturated rings. The number of alkyl carbamates (subject to hydrolysis) is 1. The third kappa shape index (κ3) is 9.53. The molecular formula is C21H39IN6O2. The van der Waals surface area contributed by atoms with Gasteiger partial charge in [-0.1, -0.05) is 13.8 Å². The van der Waals surface area contributed by atoms with Crippen molar-refractivity contribution in [2.45, 2.75) is 91.1 Å². The van der Waals surface area contributed by atoms with E-state index in [-0.39, 0.29) is 36.1 Å². The maximum atomic E-state index is 11.9. The smallest absolute Gasteiger partial charge is 0.407 e. The number of nitrogens with one attached hydrogen (secondary N) is 3. The monoisotopic (exact) mass is 534 g/mol. The molecule has 0 saturated heterocycles. The van der Waals surface area contributed by atoms with Crippen LogP contribution in [0.15, 0.2) is 17.4 Å². The van der Waals surface area contributed by atoms with Crippen molar-refractivity contribution in [2.75, 3.05) is 7.05 Å². The summed E-state index contributed by atoms with van der Waals surface area (Å²) in [5.41, 5.74) is -0.467. The first-order chi connectivity index (χ1) is 13.7. The van der Waals surface area contributed by atoms with E-state index in [2.05, 4.69) is 44.3 Å². The van der Waals surface area contributed by atoms with Crippen LogP contribution in [0.1, 0.15) is 66.1 Å². The highest BCUT2D eigenvalue weighted by molar-refractivity contribution is 14.0. The molecule has 0 aromatic carbocycles. The number of aliphatic imine (C=N–C) groups is 1. The number of hydrogen-bond acceptors (Lipinski definition) is 4. The molecule has 0 radical (unpaired) electrons. The second-order valence-electron chi connectivity index (χ2n) is 9.15. The van der Waals surface area contributed by atoms with Crippen LogP contribution in [-0.4, -0.2) is 46.3 Å². The maximum absolute atomic E-state index is 11.9. The Hall–Kier alpha value is -1.52. The number of carbonyl (C=O) groups excluding carboxylic acids is 1. The first-order valence-corrected chi connectivity index (χ1v) is 10.6. The lowest BCUT2D eigenvalue weighted by molar-refractivity contribution is 0.0490. The highest BCUT2D eigenvalue weighted by Crippen LogP contribution is 2.19. The van der Waals surface area contributed by atoms with Gasteiger partial charge in [0, 0.05) is 38.1 Å². The highest BCUT2D eigenvalue weighted by atomic mass is 127. The predicted octanol–water partition coefficient (Wildman–Crippen LogP) is 3.66. The van der Waals surface area contributed by atoms with E-state index < -0.39 is 5.60 Å². The summed E-state index contributed by atoms with van der Waals surface area (Å²) in [4.78, 5) is 20.7. The zero-order valence-electron chi connectivity index (χ0n) is 19.2. The Morgan fingerprint density at radius 3 is 2.37 bits per heavy atom. The molecule has 1 heterocycles. The predicted molar refractivity (Wildman–Crippen MR) is 131 cm³/mol. The second-order valence-corrected chi connectivity index (χ2v) is 9.15. The van der Waals surface area contributed by atoms with Crippen LogP contribution < -0.4 is 16.0 Å². The number of nitrogens with zero attached hydrogens (tertiary/aromatic N) is 3. The molecule has 0 spiro atoms. The zero-order chi connectivity index (χ0) is 21.4. The van der Waals surface area contributed by atoms with Crippen LogP contribution >= 0.6 is 24.0 Å². The van der Waals surface area contributed by atoms with Crippen LogP contribution in [0.2, 0.25) is 0 Å². The minimum absolute atomic E-state index is 0. The van der Waals surface area contributed by atoms with Crippen molar-refractivity contribution in [3.8, 4) is 0 Å². The SMILES string of the molecule is CN=C(NCc1nccn1CC(C)C)NC1CCC(NC(=O)OC(C)(C)C)CC1.I. The molecule has 2 rings (SSSR count). The van der Waals surface area contributed by atoms with Crippen LogP contribution in [-0.2, 0) is 17.8 Å². The van der Waals surface area contributed by atoms with E-state index in [9.17, 15) is 4.79 Å². The molecule has 3 N–H and O–H groups in total. The fourth-order valence-corrected chi connectivity index (χ4v) is 3.47. The molecule has 30 heavy (non-hydrogen) atoms. The zero-order valence-corrected chi connectivity index (χ0v) is 21.5. The molecule has 0 bridgehead atoms. The Morgan fingerprint density at radius 2 is 1.83 bits per heavy atom. The lowest BCUT2D eigenvalue weighted by atomic mass is 9.91. The second kappa shape index (κ2) is 12.4. The van der Waals surface area contributed by atoms with E-state index >= 15 is 0 Å². The maximum Gasteiger partial charge on any atom is 0.407 e. The number of hydrogen-bond donors (Lipinski definition) is 3. The summed E-state index contributed by atoms with van der Waals surface area (Å²) in [6.45, 7) is 11.6. The molecule has 0 aliphatic heterocycles. The van der Waals surface area contributed by atoms with Crippen molar-refractivity contribution in [3.63, 3.8) is 0 Å². The first kappa shape index (κ1) is 26.5. The summed E-state index contributed by atoms with van der Waals surface area (Å²) < 4.78 is 7.53. The van der Waals surface area contributed by atoms with Crippen LogP contribution in [0.5, 0.6) is 0 Å². The Morgan fingerprint density at radius 1 is 1.23 bits per heavy atom. The standard InChI is InChI=1S/C21H38N6O2.HI/c1-15(2)14-27-12-11-23-18(27)13-24-19(22-6)25-16-7-9-17(10-8-16)26-20(28)29-21(3,4)5;/h11-12,15-17H,7-10,13-14H2,1-6H3,(H,26,28)(H2,22,24,25);1H.